The lowest BCUT2D eigenvalue weighted by molar-refractivity contribution is 0.228. The summed E-state index contributed by atoms with van der Waals surface area (Å²) in [6, 6.07) is 1.97. The minimum absolute atomic E-state index is 0.0453. The molecule has 0 atom stereocenters. The highest BCUT2D eigenvalue weighted by molar-refractivity contribution is 5.35. The number of ether oxygens (including phenoxy) is 1. The number of nitrogens with two attached hydrogens (primary N) is 1. The third kappa shape index (κ3) is 2.42. The Labute approximate surface area is 81.7 Å². The normalized spacial score (nSPS) is 10.7. The van der Waals surface area contributed by atoms with Gasteiger partial charge in [0.05, 0.1) is 6.10 Å². The number of hydrogen-bond donors (Lipinski definition) is 1. The SMILES string of the molecule is CC(C)Oc1c(F)cc(F)cc1CN. The fourth-order valence-electron chi connectivity index (χ4n) is 1.13. The number of benzene rings is 1. The van der Waals surface area contributed by atoms with Gasteiger partial charge in [0.1, 0.15) is 5.82 Å². The molecule has 0 spiro atoms. The van der Waals surface area contributed by atoms with Gasteiger partial charge in [0, 0.05) is 18.2 Å². The topological polar surface area (TPSA) is 35.2 Å². The molecule has 0 saturated heterocycles. The van der Waals surface area contributed by atoms with E-state index in [2.05, 4.69) is 0 Å². The van der Waals surface area contributed by atoms with Crippen molar-refractivity contribution in [2.75, 3.05) is 0 Å². The molecule has 1 aromatic rings. The van der Waals surface area contributed by atoms with Crippen LogP contribution >= 0.6 is 0 Å². The second-order valence-corrected chi connectivity index (χ2v) is 3.25. The summed E-state index contributed by atoms with van der Waals surface area (Å²) < 4.78 is 31.2. The van der Waals surface area contributed by atoms with Crippen LogP contribution in [0.3, 0.4) is 0 Å². The number of rotatable bonds is 3. The summed E-state index contributed by atoms with van der Waals surface area (Å²) in [6.07, 6.45) is -0.166. The van der Waals surface area contributed by atoms with E-state index in [1.54, 1.807) is 13.8 Å². The molecule has 0 saturated carbocycles. The first-order valence-electron chi connectivity index (χ1n) is 4.39. The molecule has 78 valence electrons. The molecular weight excluding hydrogens is 188 g/mol. The van der Waals surface area contributed by atoms with Crippen molar-refractivity contribution < 1.29 is 13.5 Å². The lowest BCUT2D eigenvalue weighted by atomic mass is 10.2. The zero-order chi connectivity index (χ0) is 10.7. The smallest absolute Gasteiger partial charge is 0.168 e. The van der Waals surface area contributed by atoms with Crippen LogP contribution in [0.4, 0.5) is 8.78 Å². The second kappa shape index (κ2) is 4.37. The van der Waals surface area contributed by atoms with Crippen LogP contribution in [0.1, 0.15) is 19.4 Å². The van der Waals surface area contributed by atoms with E-state index in [1.165, 1.54) is 6.07 Å². The number of halogens is 2. The van der Waals surface area contributed by atoms with Gasteiger partial charge in [-0.3, -0.25) is 0 Å². The Bertz CT molecular complexity index is 326. The molecule has 0 radical (unpaired) electrons. The minimum Gasteiger partial charge on any atom is -0.488 e. The first-order valence-corrected chi connectivity index (χ1v) is 4.39. The van der Waals surface area contributed by atoms with Crippen molar-refractivity contribution >= 4 is 0 Å². The molecule has 0 fully saturated rings. The molecule has 2 N–H and O–H groups in total. The molecule has 0 bridgehead atoms. The van der Waals surface area contributed by atoms with Crippen molar-refractivity contribution in [2.45, 2.75) is 26.5 Å². The van der Waals surface area contributed by atoms with Gasteiger partial charge in [-0.1, -0.05) is 0 Å². The van der Waals surface area contributed by atoms with Gasteiger partial charge >= 0.3 is 0 Å². The van der Waals surface area contributed by atoms with Gasteiger partial charge in [-0.2, -0.15) is 0 Å². The van der Waals surface area contributed by atoms with Crippen LogP contribution in [0.25, 0.3) is 0 Å². The molecule has 0 aromatic heterocycles. The number of hydrogen-bond acceptors (Lipinski definition) is 2. The van der Waals surface area contributed by atoms with E-state index in [4.69, 9.17) is 10.5 Å². The van der Waals surface area contributed by atoms with Crippen LogP contribution in [0.5, 0.6) is 5.75 Å². The van der Waals surface area contributed by atoms with Gasteiger partial charge in [0.2, 0.25) is 0 Å². The van der Waals surface area contributed by atoms with Gasteiger partial charge in [-0.05, 0) is 19.9 Å². The molecule has 14 heavy (non-hydrogen) atoms. The van der Waals surface area contributed by atoms with Crippen LogP contribution in [0.15, 0.2) is 12.1 Å². The fourth-order valence-corrected chi connectivity index (χ4v) is 1.13. The third-order valence-corrected chi connectivity index (χ3v) is 1.66. The van der Waals surface area contributed by atoms with Gasteiger partial charge in [-0.25, -0.2) is 8.78 Å². The summed E-state index contributed by atoms with van der Waals surface area (Å²) in [7, 11) is 0. The van der Waals surface area contributed by atoms with Crippen molar-refractivity contribution in [3.63, 3.8) is 0 Å². The minimum atomic E-state index is -0.709. The molecule has 0 heterocycles. The maximum absolute atomic E-state index is 13.2. The summed E-state index contributed by atoms with van der Waals surface area (Å²) in [5, 5.41) is 0. The van der Waals surface area contributed by atoms with Gasteiger partial charge in [0.25, 0.3) is 0 Å². The van der Waals surface area contributed by atoms with E-state index in [0.717, 1.165) is 6.07 Å². The highest BCUT2D eigenvalue weighted by Crippen LogP contribution is 2.24. The molecule has 0 amide bonds. The summed E-state index contributed by atoms with van der Waals surface area (Å²) in [5.74, 6) is -1.30. The summed E-state index contributed by atoms with van der Waals surface area (Å²) in [4.78, 5) is 0. The standard InChI is InChI=1S/C10H13F2NO/c1-6(2)14-10-7(5-13)3-8(11)4-9(10)12/h3-4,6H,5,13H2,1-2H3. The van der Waals surface area contributed by atoms with Gasteiger partial charge in [0.15, 0.2) is 11.6 Å². The Kier molecular flexibility index (Phi) is 3.41. The molecular formula is C10H13F2NO. The van der Waals surface area contributed by atoms with Gasteiger partial charge in [-0.15, -0.1) is 0 Å². The first-order chi connectivity index (χ1) is 6.54. The summed E-state index contributed by atoms with van der Waals surface area (Å²) in [6.45, 7) is 3.59. The molecule has 1 aromatic carbocycles. The zero-order valence-electron chi connectivity index (χ0n) is 8.18. The first kappa shape index (κ1) is 10.9. The lowest BCUT2D eigenvalue weighted by Gasteiger charge is -2.14. The lowest BCUT2D eigenvalue weighted by Crippen LogP contribution is -2.11. The summed E-state index contributed by atoms with van der Waals surface area (Å²) in [5.41, 5.74) is 5.69. The Hall–Kier alpha value is -1.16. The molecule has 2 nitrogen and oxygen atoms in total. The maximum atomic E-state index is 13.2. The zero-order valence-corrected chi connectivity index (χ0v) is 8.18. The van der Waals surface area contributed by atoms with E-state index < -0.39 is 11.6 Å². The highest BCUT2D eigenvalue weighted by Gasteiger charge is 2.12. The van der Waals surface area contributed by atoms with Crippen molar-refractivity contribution in [3.8, 4) is 5.75 Å². The van der Waals surface area contributed by atoms with Gasteiger partial charge < -0.3 is 10.5 Å². The molecule has 0 aliphatic rings. The van der Waals surface area contributed by atoms with E-state index in [1.807, 2.05) is 0 Å². The van der Waals surface area contributed by atoms with Crippen LogP contribution in [0.2, 0.25) is 0 Å². The monoisotopic (exact) mass is 201 g/mol. The second-order valence-electron chi connectivity index (χ2n) is 3.25. The van der Waals surface area contributed by atoms with E-state index in [0.29, 0.717) is 5.56 Å². The molecule has 0 aliphatic carbocycles. The molecule has 0 aliphatic heterocycles. The Morgan fingerprint density at radius 3 is 2.50 bits per heavy atom. The molecule has 4 heteroatoms. The van der Waals surface area contributed by atoms with Crippen LogP contribution in [-0.2, 0) is 6.54 Å². The predicted octanol–water partition coefficient (Wildman–Crippen LogP) is 2.21. The maximum Gasteiger partial charge on any atom is 0.168 e. The van der Waals surface area contributed by atoms with E-state index >= 15 is 0 Å². The Balaban J connectivity index is 3.11. The third-order valence-electron chi connectivity index (χ3n) is 1.66. The molecule has 1 rings (SSSR count). The summed E-state index contributed by atoms with van der Waals surface area (Å²) >= 11 is 0. The van der Waals surface area contributed by atoms with Crippen LogP contribution < -0.4 is 10.5 Å². The Morgan fingerprint density at radius 2 is 2.00 bits per heavy atom. The average Bonchev–Trinajstić information content (AvgIpc) is 2.08. The van der Waals surface area contributed by atoms with Crippen molar-refractivity contribution in [1.29, 1.82) is 0 Å². The predicted molar refractivity (Wildman–Crippen MR) is 50.0 cm³/mol. The van der Waals surface area contributed by atoms with Crippen LogP contribution in [-0.4, -0.2) is 6.10 Å². The van der Waals surface area contributed by atoms with Crippen molar-refractivity contribution in [1.82, 2.24) is 0 Å². The Morgan fingerprint density at radius 1 is 1.36 bits per heavy atom. The van der Waals surface area contributed by atoms with Crippen molar-refractivity contribution in [3.05, 3.63) is 29.3 Å². The molecule has 0 unspecified atom stereocenters. The largest absolute Gasteiger partial charge is 0.488 e. The van der Waals surface area contributed by atoms with E-state index in [9.17, 15) is 8.78 Å². The quantitative estimate of drug-likeness (QED) is 0.813. The average molecular weight is 201 g/mol. The van der Waals surface area contributed by atoms with Crippen molar-refractivity contribution in [2.24, 2.45) is 5.73 Å². The van der Waals surface area contributed by atoms with E-state index in [-0.39, 0.29) is 18.4 Å². The fraction of sp³-hybridized carbons (Fsp3) is 0.400. The van der Waals surface area contributed by atoms with Crippen LogP contribution in [0, 0.1) is 11.6 Å². The highest BCUT2D eigenvalue weighted by atomic mass is 19.1.